The Balaban J connectivity index is 0.00000101. The maximum atomic E-state index is 9.91. The molecule has 40 heavy (non-hydrogen) atoms. The Morgan fingerprint density at radius 1 is 0.550 bits per heavy atom. The molecule has 0 heterocycles. The van der Waals surface area contributed by atoms with E-state index in [1.165, 1.54) is 125 Å². The van der Waals surface area contributed by atoms with Gasteiger partial charge in [0.1, 0.15) is 11.5 Å². The van der Waals surface area contributed by atoms with Crippen molar-refractivity contribution in [3.05, 3.63) is 60.2 Å². The van der Waals surface area contributed by atoms with E-state index in [2.05, 4.69) is 61.5 Å². The number of hydrogen-bond acceptors (Lipinski definition) is 1. The summed E-state index contributed by atoms with van der Waals surface area (Å²) in [5, 5.41) is 0. The van der Waals surface area contributed by atoms with Crippen molar-refractivity contribution in [1.82, 2.24) is 0 Å². The number of thiol groups is 1. The Kier molecular flexibility index (Phi) is 17.5. The van der Waals surface area contributed by atoms with Gasteiger partial charge in [-0.1, -0.05) is 134 Å². The van der Waals surface area contributed by atoms with Crippen LogP contribution in [0.15, 0.2) is 59.5 Å². The Labute approximate surface area is 243 Å². The molecule has 9 heteroatoms. The number of ether oxygens (including phenoxy) is 1. The molecule has 1 nitrogen and oxygen atoms in total. The summed E-state index contributed by atoms with van der Waals surface area (Å²) >= 11 is -9.71. The van der Waals surface area contributed by atoms with Crippen LogP contribution in [0.5, 0.6) is 5.75 Å². The molecular formula is C31H49AsF6OS. The molecule has 0 aromatic heterocycles. The fourth-order valence-corrected chi connectivity index (χ4v) is 5.19. The first-order chi connectivity index (χ1) is 18.8. The molecule has 0 aliphatic rings. The van der Waals surface area contributed by atoms with E-state index < -0.39 is 14.2 Å². The Morgan fingerprint density at radius 2 is 0.950 bits per heavy atom. The molecule has 0 bridgehead atoms. The fourth-order valence-electron chi connectivity index (χ4n) is 4.25. The summed E-state index contributed by atoms with van der Waals surface area (Å²) in [6.45, 7) is 3.14. The molecule has 232 valence electrons. The summed E-state index contributed by atoms with van der Waals surface area (Å²) in [7, 11) is 0. The zero-order valence-electron chi connectivity index (χ0n) is 24.0. The molecule has 0 unspecified atom stereocenters. The third kappa shape index (κ3) is 28.3. The van der Waals surface area contributed by atoms with Gasteiger partial charge in [-0.15, -0.1) is 0 Å². The van der Waals surface area contributed by atoms with Gasteiger partial charge in [-0.05, 0) is 30.7 Å². The first-order valence-corrected chi connectivity index (χ1v) is 20.2. The molecule has 0 aliphatic heterocycles. The molecule has 2 aromatic carbocycles. The van der Waals surface area contributed by atoms with Crippen LogP contribution in [0.25, 0.3) is 0 Å². The first kappa shape index (κ1) is 36.8. The molecule has 0 atom stereocenters. The summed E-state index contributed by atoms with van der Waals surface area (Å²) < 4.78 is 65.4. The van der Waals surface area contributed by atoms with E-state index in [1.807, 2.05) is 0 Å². The van der Waals surface area contributed by atoms with E-state index >= 15 is 0 Å². The molecule has 0 saturated carbocycles. The van der Waals surface area contributed by atoms with Crippen LogP contribution in [0.1, 0.15) is 115 Å². The average Bonchev–Trinajstić information content (AvgIpc) is 2.89. The Bertz CT molecular complexity index is 865. The van der Waals surface area contributed by atoms with Gasteiger partial charge in [-0.2, -0.15) is 0 Å². The molecule has 2 rings (SSSR count). The van der Waals surface area contributed by atoms with Gasteiger partial charge in [-0.25, -0.2) is 0 Å². The van der Waals surface area contributed by atoms with Crippen molar-refractivity contribution in [3.8, 4) is 5.75 Å². The molecule has 2 aromatic rings. The number of rotatable bonds is 21. The van der Waals surface area contributed by atoms with Crippen LogP contribution in [0.2, 0.25) is 0 Å². The van der Waals surface area contributed by atoms with Crippen molar-refractivity contribution >= 4 is 25.9 Å². The summed E-state index contributed by atoms with van der Waals surface area (Å²) in [5.41, 5.74) is 1.39. The molecule has 0 aliphatic carbocycles. The minimum atomic E-state index is -11.1. The van der Waals surface area contributed by atoms with Gasteiger partial charge in [0.25, 0.3) is 0 Å². The summed E-state index contributed by atoms with van der Waals surface area (Å²) in [4.78, 5) is 1.36. The van der Waals surface area contributed by atoms with Crippen LogP contribution in [0, 0.1) is 0 Å². The summed E-state index contributed by atoms with van der Waals surface area (Å²) in [5.74, 6) is 2.08. The van der Waals surface area contributed by atoms with Crippen molar-refractivity contribution in [1.29, 1.82) is 0 Å². The van der Waals surface area contributed by atoms with Gasteiger partial charge in [0.05, 0.1) is 6.61 Å². The van der Waals surface area contributed by atoms with E-state index in [-0.39, 0.29) is 0 Å². The van der Waals surface area contributed by atoms with Gasteiger partial charge in [0, 0.05) is 17.3 Å². The van der Waals surface area contributed by atoms with Crippen molar-refractivity contribution in [2.45, 2.75) is 120 Å². The SMILES string of the molecule is CCCCCCCCCCCCCCCCCCOc1ccc([SH+]Cc2ccccc2)cc1.F[As-](F)(F)(F)(F)F. The van der Waals surface area contributed by atoms with Crippen LogP contribution in [-0.4, -0.2) is 20.8 Å². The number of halogens is 6. The molecule has 0 saturated heterocycles. The minimum absolute atomic E-state index is 0.847. The Hall–Kier alpha value is -1.27. The van der Waals surface area contributed by atoms with E-state index in [0.29, 0.717) is 0 Å². The van der Waals surface area contributed by atoms with Gasteiger partial charge in [0.2, 0.25) is 0 Å². The van der Waals surface area contributed by atoms with Crippen LogP contribution < -0.4 is 4.74 Å². The quantitative estimate of drug-likeness (QED) is 0.0426. The standard InChI is InChI=1S/C31H48OS.AsF6/c1-2-3-4-5-6-7-8-9-10-11-12-13-14-15-16-20-27-32-30-23-25-31(26-24-30)33-28-29-21-18-17-19-22-29;2-1(3,4,5,6)7/h17-19,21-26H,2-16,20,27-28H2,1H3;/q;-1/p+1. The molecule has 0 amide bonds. The van der Waals surface area contributed by atoms with Crippen LogP contribution in [0.4, 0.5) is 20.8 Å². The predicted octanol–water partition coefficient (Wildman–Crippen LogP) is 11.8. The van der Waals surface area contributed by atoms with Gasteiger partial charge in [-0.3, -0.25) is 0 Å². The van der Waals surface area contributed by atoms with Crippen LogP contribution >= 0.6 is 0 Å². The molecule has 0 spiro atoms. The van der Waals surface area contributed by atoms with Crippen molar-refractivity contribution in [3.63, 3.8) is 0 Å². The number of hydrogen-bond donors (Lipinski definition) is 0. The normalized spacial score (nSPS) is 13.2. The van der Waals surface area contributed by atoms with Gasteiger partial charge >= 0.3 is 35.0 Å². The van der Waals surface area contributed by atoms with Gasteiger partial charge in [0.15, 0.2) is 4.90 Å². The van der Waals surface area contributed by atoms with Crippen LogP contribution in [-0.2, 0) is 17.5 Å². The monoisotopic (exact) mass is 658 g/mol. The van der Waals surface area contributed by atoms with E-state index in [9.17, 15) is 20.8 Å². The third-order valence-electron chi connectivity index (χ3n) is 6.39. The topological polar surface area (TPSA) is 9.23 Å². The maximum absolute atomic E-state index is 11.1. The number of benzene rings is 2. The zero-order chi connectivity index (χ0) is 29.6. The Morgan fingerprint density at radius 3 is 1.38 bits per heavy atom. The van der Waals surface area contributed by atoms with Crippen molar-refractivity contribution in [2.24, 2.45) is 0 Å². The average molecular weight is 659 g/mol. The molecule has 0 fully saturated rings. The van der Waals surface area contributed by atoms with Crippen molar-refractivity contribution in [2.75, 3.05) is 6.61 Å². The summed E-state index contributed by atoms with van der Waals surface area (Å²) in [6.07, 6.45) is 22.5. The van der Waals surface area contributed by atoms with Gasteiger partial charge < -0.3 is 4.74 Å². The second-order valence-corrected chi connectivity index (χ2v) is 15.6. The van der Waals surface area contributed by atoms with E-state index in [1.54, 1.807) is 0 Å². The van der Waals surface area contributed by atoms with Crippen molar-refractivity contribution < 1.29 is 25.5 Å². The molecule has 0 radical (unpaired) electrons. The second-order valence-electron chi connectivity index (χ2n) is 10.4. The third-order valence-corrected chi connectivity index (χ3v) is 7.58. The van der Waals surface area contributed by atoms with E-state index in [4.69, 9.17) is 4.74 Å². The zero-order valence-corrected chi connectivity index (χ0v) is 26.8. The molecular weight excluding hydrogens is 609 g/mol. The predicted molar refractivity (Wildman–Crippen MR) is 161 cm³/mol. The first-order valence-electron chi connectivity index (χ1n) is 14.8. The van der Waals surface area contributed by atoms with E-state index in [0.717, 1.165) is 18.1 Å². The second kappa shape index (κ2) is 19.0. The summed E-state index contributed by atoms with van der Waals surface area (Å²) in [6, 6.07) is 19.3. The molecule has 0 N–H and O–H groups in total. The fraction of sp³-hybridized carbons (Fsp3) is 0.613. The van der Waals surface area contributed by atoms with Crippen LogP contribution in [0.3, 0.4) is 0 Å². The number of unbranched alkanes of at least 4 members (excludes halogenated alkanes) is 15.